The van der Waals surface area contributed by atoms with Gasteiger partial charge in [-0.15, -0.1) is 24.0 Å². The Hall–Kier alpha value is -1.37. The fourth-order valence-corrected chi connectivity index (χ4v) is 4.73. The number of nitrogens with one attached hydrogen (secondary N) is 2. The van der Waals surface area contributed by atoms with Gasteiger partial charge in [0.2, 0.25) is 11.8 Å². The van der Waals surface area contributed by atoms with Gasteiger partial charge in [0.05, 0.1) is 18.4 Å². The minimum atomic E-state index is -4.20. The molecule has 3 aliphatic rings. The lowest BCUT2D eigenvalue weighted by Crippen LogP contribution is -2.43. The van der Waals surface area contributed by atoms with Gasteiger partial charge < -0.3 is 10.6 Å². The average Bonchev–Trinajstić information content (AvgIpc) is 3.33. The molecule has 0 spiro atoms. The van der Waals surface area contributed by atoms with Crippen molar-refractivity contribution < 1.29 is 22.8 Å². The zero-order valence-electron chi connectivity index (χ0n) is 17.8. The first-order valence-corrected chi connectivity index (χ1v) is 10.5. The molecule has 1 heterocycles. The highest BCUT2D eigenvalue weighted by molar-refractivity contribution is 14.0. The zero-order valence-corrected chi connectivity index (χ0v) is 20.2. The average molecular weight is 557 g/mol. The SMILES string of the molecule is CCNC(=NCCCN(C)CC(F)(F)F)NCCN1C(=O)C2C3C=CC(C3)C2C1=O.I. The van der Waals surface area contributed by atoms with E-state index in [0.717, 1.165) is 6.42 Å². The lowest BCUT2D eigenvalue weighted by molar-refractivity contribution is -0.143. The van der Waals surface area contributed by atoms with E-state index in [2.05, 4.69) is 27.8 Å². The Morgan fingerprint density at radius 3 is 2.35 bits per heavy atom. The van der Waals surface area contributed by atoms with Crippen LogP contribution < -0.4 is 10.6 Å². The Kier molecular flexibility index (Phi) is 9.16. The van der Waals surface area contributed by atoms with E-state index in [1.165, 1.54) is 16.8 Å². The summed E-state index contributed by atoms with van der Waals surface area (Å²) >= 11 is 0. The second kappa shape index (κ2) is 11.0. The van der Waals surface area contributed by atoms with Crippen LogP contribution in [0.25, 0.3) is 0 Å². The number of alkyl halides is 3. The third-order valence-electron chi connectivity index (χ3n) is 5.95. The molecule has 11 heteroatoms. The summed E-state index contributed by atoms with van der Waals surface area (Å²) in [5.41, 5.74) is 0. The Morgan fingerprint density at radius 1 is 1.19 bits per heavy atom. The number of allylic oxidation sites excluding steroid dienone is 2. The normalized spacial score (nSPS) is 27.2. The van der Waals surface area contributed by atoms with Gasteiger partial charge in [-0.2, -0.15) is 13.2 Å². The Bertz CT molecular complexity index is 685. The van der Waals surface area contributed by atoms with Gasteiger partial charge in [0.1, 0.15) is 0 Å². The van der Waals surface area contributed by atoms with Crippen molar-refractivity contribution in [2.24, 2.45) is 28.7 Å². The molecule has 0 aromatic rings. The van der Waals surface area contributed by atoms with Crippen molar-refractivity contribution in [1.82, 2.24) is 20.4 Å². The molecule has 0 aromatic heterocycles. The van der Waals surface area contributed by atoms with Crippen LogP contribution in [0.3, 0.4) is 0 Å². The van der Waals surface area contributed by atoms with Crippen molar-refractivity contribution in [3.8, 4) is 0 Å². The molecule has 2 aliphatic carbocycles. The van der Waals surface area contributed by atoms with Gasteiger partial charge in [0.25, 0.3) is 0 Å². The fraction of sp³-hybridized carbons (Fsp3) is 0.750. The zero-order chi connectivity index (χ0) is 21.9. The minimum absolute atomic E-state index is 0. The van der Waals surface area contributed by atoms with Gasteiger partial charge in [0.15, 0.2) is 5.96 Å². The fourth-order valence-electron chi connectivity index (χ4n) is 4.73. The smallest absolute Gasteiger partial charge is 0.357 e. The number of fused-ring (bicyclic) bond motifs is 5. The van der Waals surface area contributed by atoms with Crippen LogP contribution in [0.1, 0.15) is 19.8 Å². The van der Waals surface area contributed by atoms with Crippen LogP contribution in [-0.2, 0) is 9.59 Å². The van der Waals surface area contributed by atoms with Gasteiger partial charge in [-0.25, -0.2) is 0 Å². The van der Waals surface area contributed by atoms with E-state index in [9.17, 15) is 22.8 Å². The molecule has 176 valence electrons. The summed E-state index contributed by atoms with van der Waals surface area (Å²) < 4.78 is 37.0. The van der Waals surface area contributed by atoms with Crippen LogP contribution in [0.15, 0.2) is 17.1 Å². The number of hydrogen-bond acceptors (Lipinski definition) is 4. The highest BCUT2D eigenvalue weighted by atomic mass is 127. The molecule has 1 aliphatic heterocycles. The van der Waals surface area contributed by atoms with Crippen molar-refractivity contribution in [1.29, 1.82) is 0 Å². The first-order valence-electron chi connectivity index (χ1n) is 10.5. The number of hydrogen-bond donors (Lipinski definition) is 2. The van der Waals surface area contributed by atoms with Crippen LogP contribution in [0.5, 0.6) is 0 Å². The summed E-state index contributed by atoms with van der Waals surface area (Å²) in [6.45, 7) is 2.91. The number of imide groups is 1. The van der Waals surface area contributed by atoms with Gasteiger partial charge in [-0.3, -0.25) is 24.4 Å². The predicted octanol–water partition coefficient (Wildman–Crippen LogP) is 1.85. The number of rotatable bonds is 9. The van der Waals surface area contributed by atoms with E-state index in [-0.39, 0.29) is 66.0 Å². The maximum Gasteiger partial charge on any atom is 0.401 e. The number of nitrogens with zero attached hydrogens (tertiary/aromatic N) is 3. The van der Waals surface area contributed by atoms with E-state index >= 15 is 0 Å². The molecule has 0 aromatic carbocycles. The molecular weight excluding hydrogens is 526 g/mol. The first kappa shape index (κ1) is 25.9. The Labute approximate surface area is 197 Å². The Balaban J connectivity index is 0.00000341. The van der Waals surface area contributed by atoms with E-state index in [0.29, 0.717) is 38.6 Å². The third kappa shape index (κ3) is 6.33. The molecular formula is C20H31F3IN5O2. The summed E-state index contributed by atoms with van der Waals surface area (Å²) in [5.74, 6) is 0.396. The maximum atomic E-state index is 12.7. The van der Waals surface area contributed by atoms with Gasteiger partial charge >= 0.3 is 6.18 Å². The highest BCUT2D eigenvalue weighted by Crippen LogP contribution is 2.52. The monoisotopic (exact) mass is 557 g/mol. The van der Waals surface area contributed by atoms with Crippen LogP contribution in [0.4, 0.5) is 13.2 Å². The Morgan fingerprint density at radius 2 is 1.81 bits per heavy atom. The first-order chi connectivity index (χ1) is 14.2. The molecule has 2 N–H and O–H groups in total. The van der Waals surface area contributed by atoms with Gasteiger partial charge in [-0.1, -0.05) is 12.2 Å². The van der Waals surface area contributed by atoms with Crippen LogP contribution in [0, 0.1) is 23.7 Å². The second-order valence-corrected chi connectivity index (χ2v) is 8.22. The molecule has 2 amide bonds. The summed E-state index contributed by atoms with van der Waals surface area (Å²) in [6.07, 6.45) is 1.34. The van der Waals surface area contributed by atoms with E-state index in [1.54, 1.807) is 0 Å². The van der Waals surface area contributed by atoms with Gasteiger partial charge in [-0.05, 0) is 45.2 Å². The molecule has 1 saturated heterocycles. The molecule has 4 unspecified atom stereocenters. The lowest BCUT2D eigenvalue weighted by Gasteiger charge is -2.19. The molecule has 0 radical (unpaired) electrons. The number of carbonyl (C=O) groups excluding carboxylic acids is 2. The largest absolute Gasteiger partial charge is 0.401 e. The summed E-state index contributed by atoms with van der Waals surface area (Å²) in [4.78, 5) is 32.3. The van der Waals surface area contributed by atoms with Crippen molar-refractivity contribution in [3.63, 3.8) is 0 Å². The topological polar surface area (TPSA) is 77.0 Å². The van der Waals surface area contributed by atoms with Crippen molar-refractivity contribution >= 4 is 41.8 Å². The maximum absolute atomic E-state index is 12.7. The predicted molar refractivity (Wildman–Crippen MR) is 122 cm³/mol. The third-order valence-corrected chi connectivity index (χ3v) is 5.95. The molecule has 7 nitrogen and oxygen atoms in total. The van der Waals surface area contributed by atoms with E-state index in [1.807, 2.05) is 6.92 Å². The standard InChI is InChI=1S/C20H30F3N5O2.HI/c1-3-24-19(25-7-4-9-27(2)12-20(21,22)23)26-8-10-28-17(29)15-13-5-6-14(11-13)16(15)18(28)30;/h5-6,13-16H,3-4,7-12H2,1-2H3,(H2,24,25,26);1H. The number of guanidine groups is 1. The second-order valence-electron chi connectivity index (χ2n) is 8.22. The molecule has 31 heavy (non-hydrogen) atoms. The number of aliphatic imine (C=N–C) groups is 1. The summed E-state index contributed by atoms with van der Waals surface area (Å²) in [6, 6.07) is 0. The van der Waals surface area contributed by atoms with Crippen molar-refractivity contribution in [2.45, 2.75) is 25.9 Å². The highest BCUT2D eigenvalue weighted by Gasteiger charge is 2.58. The summed E-state index contributed by atoms with van der Waals surface area (Å²) in [7, 11) is 1.43. The number of likely N-dealkylation sites (tertiary alicyclic amines) is 1. The van der Waals surface area contributed by atoms with Crippen molar-refractivity contribution in [3.05, 3.63) is 12.2 Å². The molecule has 2 bridgehead atoms. The minimum Gasteiger partial charge on any atom is -0.357 e. The van der Waals surface area contributed by atoms with Crippen LogP contribution in [-0.4, -0.2) is 80.1 Å². The molecule has 4 atom stereocenters. The lowest BCUT2D eigenvalue weighted by atomic mass is 9.85. The molecule has 3 rings (SSSR count). The number of halogens is 4. The number of amides is 2. The van der Waals surface area contributed by atoms with Crippen LogP contribution >= 0.6 is 24.0 Å². The van der Waals surface area contributed by atoms with Crippen LogP contribution in [0.2, 0.25) is 0 Å². The van der Waals surface area contributed by atoms with E-state index in [4.69, 9.17) is 0 Å². The van der Waals surface area contributed by atoms with Gasteiger partial charge in [0, 0.05) is 26.2 Å². The van der Waals surface area contributed by atoms with E-state index < -0.39 is 12.7 Å². The molecule has 1 saturated carbocycles. The summed E-state index contributed by atoms with van der Waals surface area (Å²) in [5, 5.41) is 6.17. The quantitative estimate of drug-likeness (QED) is 0.113. The van der Waals surface area contributed by atoms with Crippen molar-refractivity contribution in [2.75, 3.05) is 46.3 Å². The number of carbonyl (C=O) groups is 2. The molecule has 2 fully saturated rings.